The quantitative estimate of drug-likeness (QED) is 0.724. The Morgan fingerprint density at radius 1 is 1.29 bits per heavy atom. The molecule has 0 N–H and O–H groups in total. The minimum Gasteiger partial charge on any atom is -0.347 e. The fourth-order valence-electron chi connectivity index (χ4n) is 1.61. The van der Waals surface area contributed by atoms with Gasteiger partial charge in [0.1, 0.15) is 5.78 Å². The third-order valence-electron chi connectivity index (χ3n) is 2.38. The number of carbonyl (C=O) groups excluding carboxylic acids is 1. The summed E-state index contributed by atoms with van der Waals surface area (Å²) in [6, 6.07) is 10.3. The second kappa shape index (κ2) is 3.66. The molecule has 0 bridgehead atoms. The number of aromatic nitrogens is 1. The molecule has 0 unspecified atom stereocenters. The van der Waals surface area contributed by atoms with E-state index < -0.39 is 0 Å². The molecule has 0 fully saturated rings. The maximum absolute atomic E-state index is 10.9. The molecule has 2 aromatic rings. The van der Waals surface area contributed by atoms with Crippen LogP contribution in [0.15, 0.2) is 36.5 Å². The number of hydrogen-bond acceptors (Lipinski definition) is 1. The van der Waals surface area contributed by atoms with Crippen LogP contribution in [0.25, 0.3) is 10.9 Å². The zero-order valence-corrected chi connectivity index (χ0v) is 8.23. The highest BCUT2D eigenvalue weighted by Gasteiger charge is 2.00. The Hall–Kier alpha value is -1.57. The Morgan fingerprint density at radius 2 is 2.07 bits per heavy atom. The number of ketones is 1. The zero-order chi connectivity index (χ0) is 9.97. The molecule has 1 heterocycles. The van der Waals surface area contributed by atoms with Gasteiger partial charge in [0.15, 0.2) is 0 Å². The first-order chi connectivity index (χ1) is 6.77. The molecule has 0 aliphatic rings. The summed E-state index contributed by atoms with van der Waals surface area (Å²) >= 11 is 0. The van der Waals surface area contributed by atoms with Gasteiger partial charge in [0, 0.05) is 24.7 Å². The molecule has 2 heteroatoms. The van der Waals surface area contributed by atoms with Crippen molar-refractivity contribution >= 4 is 16.7 Å². The normalized spacial score (nSPS) is 10.6. The monoisotopic (exact) mass is 187 g/mol. The number of benzene rings is 1. The molecule has 0 aliphatic carbocycles. The number of Topliss-reactive ketones (excluding diaryl/α,β-unsaturated/α-hetero) is 1. The lowest BCUT2D eigenvalue weighted by molar-refractivity contribution is -0.117. The molecule has 0 saturated carbocycles. The summed E-state index contributed by atoms with van der Waals surface area (Å²) in [5.74, 6) is 0.239. The number of para-hydroxylation sites is 1. The van der Waals surface area contributed by atoms with Crippen molar-refractivity contribution in [2.75, 3.05) is 0 Å². The van der Waals surface area contributed by atoms with Crippen molar-refractivity contribution in [2.45, 2.75) is 19.9 Å². The Bertz CT molecular complexity index is 456. The molecule has 1 aromatic carbocycles. The highest BCUT2D eigenvalue weighted by Crippen LogP contribution is 2.15. The van der Waals surface area contributed by atoms with E-state index in [0.29, 0.717) is 6.42 Å². The van der Waals surface area contributed by atoms with Gasteiger partial charge in [-0.1, -0.05) is 18.2 Å². The van der Waals surface area contributed by atoms with Crippen LogP contribution in [-0.4, -0.2) is 10.4 Å². The van der Waals surface area contributed by atoms with Crippen LogP contribution in [0.1, 0.15) is 13.3 Å². The van der Waals surface area contributed by atoms with Crippen molar-refractivity contribution in [1.29, 1.82) is 0 Å². The maximum Gasteiger partial charge on any atom is 0.131 e. The standard InChI is InChI=1S/C12H13NO/c1-10(14)6-8-13-9-7-11-4-2-3-5-12(11)13/h2-5,7,9H,6,8H2,1H3. The average molecular weight is 187 g/mol. The van der Waals surface area contributed by atoms with Gasteiger partial charge in [-0.2, -0.15) is 0 Å². The summed E-state index contributed by atoms with van der Waals surface area (Å²) in [4.78, 5) is 10.9. The fourth-order valence-corrected chi connectivity index (χ4v) is 1.61. The number of carbonyl (C=O) groups is 1. The van der Waals surface area contributed by atoms with Crippen LogP contribution in [-0.2, 0) is 11.3 Å². The van der Waals surface area contributed by atoms with Crippen LogP contribution in [0.5, 0.6) is 0 Å². The number of nitrogens with zero attached hydrogens (tertiary/aromatic N) is 1. The molecular formula is C12H13NO. The first-order valence-electron chi connectivity index (χ1n) is 4.81. The second-order valence-corrected chi connectivity index (χ2v) is 3.52. The van der Waals surface area contributed by atoms with E-state index in [1.165, 1.54) is 10.9 Å². The van der Waals surface area contributed by atoms with Crippen LogP contribution in [0.3, 0.4) is 0 Å². The zero-order valence-electron chi connectivity index (χ0n) is 8.23. The van der Waals surface area contributed by atoms with Gasteiger partial charge in [-0.25, -0.2) is 0 Å². The Labute approximate surface area is 83.2 Å². The Kier molecular flexibility index (Phi) is 2.35. The Morgan fingerprint density at radius 3 is 2.86 bits per heavy atom. The van der Waals surface area contributed by atoms with Gasteiger partial charge >= 0.3 is 0 Å². The number of rotatable bonds is 3. The van der Waals surface area contributed by atoms with Crippen LogP contribution in [0.4, 0.5) is 0 Å². The molecule has 2 rings (SSSR count). The highest BCUT2D eigenvalue weighted by molar-refractivity contribution is 5.80. The van der Waals surface area contributed by atoms with Crippen LogP contribution in [0, 0.1) is 0 Å². The SMILES string of the molecule is CC(=O)CCn1ccc2ccccc21. The van der Waals surface area contributed by atoms with E-state index in [4.69, 9.17) is 0 Å². The third-order valence-corrected chi connectivity index (χ3v) is 2.38. The fraction of sp³-hybridized carbons (Fsp3) is 0.250. The third kappa shape index (κ3) is 1.69. The summed E-state index contributed by atoms with van der Waals surface area (Å²) in [6.07, 6.45) is 2.65. The molecule has 0 saturated heterocycles. The van der Waals surface area contributed by atoms with Gasteiger partial charge in [0.05, 0.1) is 0 Å². The van der Waals surface area contributed by atoms with Gasteiger partial charge in [0.25, 0.3) is 0 Å². The predicted molar refractivity (Wildman–Crippen MR) is 57.2 cm³/mol. The van der Waals surface area contributed by atoms with Gasteiger partial charge < -0.3 is 4.57 Å². The van der Waals surface area contributed by atoms with E-state index in [1.54, 1.807) is 6.92 Å². The van der Waals surface area contributed by atoms with E-state index in [1.807, 2.05) is 18.3 Å². The van der Waals surface area contributed by atoms with Gasteiger partial charge in [-0.05, 0) is 24.4 Å². The minimum absolute atomic E-state index is 0.239. The van der Waals surface area contributed by atoms with Crippen molar-refractivity contribution in [2.24, 2.45) is 0 Å². The van der Waals surface area contributed by atoms with Gasteiger partial charge in [-0.15, -0.1) is 0 Å². The summed E-state index contributed by atoms with van der Waals surface area (Å²) in [6.45, 7) is 2.41. The summed E-state index contributed by atoms with van der Waals surface area (Å²) < 4.78 is 2.12. The number of aryl methyl sites for hydroxylation is 1. The van der Waals surface area contributed by atoms with Crippen LogP contribution in [0.2, 0.25) is 0 Å². The molecule has 1 aromatic heterocycles. The molecule has 72 valence electrons. The van der Waals surface area contributed by atoms with Crippen LogP contribution < -0.4 is 0 Å². The summed E-state index contributed by atoms with van der Waals surface area (Å²) in [5.41, 5.74) is 1.20. The Balaban J connectivity index is 2.29. The highest BCUT2D eigenvalue weighted by atomic mass is 16.1. The molecule has 0 radical (unpaired) electrons. The molecule has 2 nitrogen and oxygen atoms in total. The van der Waals surface area contributed by atoms with Crippen molar-refractivity contribution in [3.63, 3.8) is 0 Å². The van der Waals surface area contributed by atoms with Crippen LogP contribution >= 0.6 is 0 Å². The van der Waals surface area contributed by atoms with Crippen molar-refractivity contribution in [3.05, 3.63) is 36.5 Å². The predicted octanol–water partition coefficient (Wildman–Crippen LogP) is 2.62. The first-order valence-corrected chi connectivity index (χ1v) is 4.81. The second-order valence-electron chi connectivity index (χ2n) is 3.52. The largest absolute Gasteiger partial charge is 0.347 e. The topological polar surface area (TPSA) is 22.0 Å². The van der Waals surface area contributed by atoms with E-state index in [9.17, 15) is 4.79 Å². The lowest BCUT2D eigenvalue weighted by Crippen LogP contribution is -2.00. The lowest BCUT2D eigenvalue weighted by Gasteiger charge is -2.02. The smallest absolute Gasteiger partial charge is 0.131 e. The minimum atomic E-state index is 0.239. The van der Waals surface area contributed by atoms with E-state index in [2.05, 4.69) is 22.8 Å². The van der Waals surface area contributed by atoms with Crippen molar-refractivity contribution in [1.82, 2.24) is 4.57 Å². The van der Waals surface area contributed by atoms with Crippen molar-refractivity contribution < 1.29 is 4.79 Å². The molecular weight excluding hydrogens is 174 g/mol. The lowest BCUT2D eigenvalue weighted by atomic mass is 10.2. The molecule has 0 amide bonds. The van der Waals surface area contributed by atoms with Gasteiger partial charge in [-0.3, -0.25) is 4.79 Å². The molecule has 0 aliphatic heterocycles. The molecule has 14 heavy (non-hydrogen) atoms. The maximum atomic E-state index is 10.9. The van der Waals surface area contributed by atoms with Gasteiger partial charge in [0.2, 0.25) is 0 Å². The summed E-state index contributed by atoms with van der Waals surface area (Å²) in [7, 11) is 0. The molecule has 0 spiro atoms. The van der Waals surface area contributed by atoms with E-state index in [0.717, 1.165) is 6.54 Å². The van der Waals surface area contributed by atoms with E-state index in [-0.39, 0.29) is 5.78 Å². The summed E-state index contributed by atoms with van der Waals surface area (Å²) in [5, 5.41) is 1.23. The number of fused-ring (bicyclic) bond motifs is 1. The first kappa shape index (κ1) is 9.00. The molecule has 0 atom stereocenters. The van der Waals surface area contributed by atoms with E-state index >= 15 is 0 Å². The average Bonchev–Trinajstić information content (AvgIpc) is 2.58. The van der Waals surface area contributed by atoms with Crippen molar-refractivity contribution in [3.8, 4) is 0 Å². The number of hydrogen-bond donors (Lipinski definition) is 0.